The van der Waals surface area contributed by atoms with Crippen LogP contribution >= 0.6 is 0 Å². The third-order valence-electron chi connectivity index (χ3n) is 0.799. The van der Waals surface area contributed by atoms with Gasteiger partial charge in [0.15, 0.2) is 0 Å². The Bertz CT molecular complexity index is 103. The van der Waals surface area contributed by atoms with Crippen LogP contribution in [-0.4, -0.2) is 48.8 Å². The Morgan fingerprint density at radius 3 is 1.62 bits per heavy atom. The summed E-state index contributed by atoms with van der Waals surface area (Å²) in [6.07, 6.45) is 2.79. The number of unbranched alkanes of at least 4 members (excludes halogenated alkanes) is 1. The van der Waals surface area contributed by atoms with E-state index in [1.807, 2.05) is 0 Å². The molecule has 0 aliphatic carbocycles. The summed E-state index contributed by atoms with van der Waals surface area (Å²) < 4.78 is 4.11. The summed E-state index contributed by atoms with van der Waals surface area (Å²) >= 11 is 0. The third-order valence-corrected chi connectivity index (χ3v) is 0.799. The largest absolute Gasteiger partial charge is 0.469 e. The Kier molecular flexibility index (Phi) is 88.6. The van der Waals surface area contributed by atoms with E-state index in [4.69, 9.17) is 15.0 Å². The van der Waals surface area contributed by atoms with Gasteiger partial charge in [0.2, 0.25) is 0 Å². The SMILES string of the molecule is CC=O.CCCCO.CO.COC(C)=O.O. The minimum atomic E-state index is -0.245. The number of carbonyl (C=O) groups is 2. The van der Waals surface area contributed by atoms with E-state index in [9.17, 15) is 4.79 Å². The fourth-order valence-corrected chi connectivity index (χ4v) is 0.158. The van der Waals surface area contributed by atoms with Gasteiger partial charge in [-0.05, 0) is 13.3 Å². The quantitative estimate of drug-likeness (QED) is 0.520. The number of hydrogen-bond donors (Lipinski definition) is 2. The summed E-state index contributed by atoms with van der Waals surface area (Å²) in [6.45, 7) is 5.20. The maximum atomic E-state index is 9.59. The van der Waals surface area contributed by atoms with E-state index in [1.54, 1.807) is 0 Å². The van der Waals surface area contributed by atoms with Gasteiger partial charge in [-0.1, -0.05) is 13.3 Å². The fourth-order valence-electron chi connectivity index (χ4n) is 0.158. The van der Waals surface area contributed by atoms with Crippen LogP contribution in [0.15, 0.2) is 0 Å². The van der Waals surface area contributed by atoms with Crippen molar-refractivity contribution in [1.82, 2.24) is 0 Å². The van der Waals surface area contributed by atoms with Crippen molar-refractivity contribution in [2.75, 3.05) is 20.8 Å². The summed E-state index contributed by atoms with van der Waals surface area (Å²) in [4.78, 5) is 18.4. The Morgan fingerprint density at radius 2 is 1.62 bits per heavy atom. The van der Waals surface area contributed by atoms with Crippen LogP contribution in [0.3, 0.4) is 0 Å². The molecule has 0 amide bonds. The number of ether oxygens (including phenoxy) is 1. The molecule has 6 heteroatoms. The predicted octanol–water partition coefficient (Wildman–Crippen LogP) is -0.0529. The molecule has 0 saturated heterocycles. The van der Waals surface area contributed by atoms with Crippen LogP contribution in [0.4, 0.5) is 0 Å². The topological polar surface area (TPSA) is 115 Å². The summed E-state index contributed by atoms with van der Waals surface area (Å²) in [7, 11) is 2.35. The molecule has 0 saturated carbocycles. The van der Waals surface area contributed by atoms with Crippen LogP contribution in [-0.2, 0) is 14.3 Å². The lowest BCUT2D eigenvalue weighted by molar-refractivity contribution is -0.137. The number of esters is 1. The summed E-state index contributed by atoms with van der Waals surface area (Å²) in [5, 5.41) is 15.1. The van der Waals surface area contributed by atoms with Crippen molar-refractivity contribution in [2.24, 2.45) is 0 Å². The van der Waals surface area contributed by atoms with Crippen LogP contribution in [0.2, 0.25) is 0 Å². The number of hydrogen-bond acceptors (Lipinski definition) is 5. The molecule has 0 bridgehead atoms. The second-order valence-corrected chi connectivity index (χ2v) is 2.01. The van der Waals surface area contributed by atoms with E-state index in [0.717, 1.165) is 26.2 Å². The molecule has 0 aromatic rings. The van der Waals surface area contributed by atoms with Crippen molar-refractivity contribution >= 4 is 12.3 Å². The van der Waals surface area contributed by atoms with E-state index in [0.29, 0.717) is 6.61 Å². The van der Waals surface area contributed by atoms with Gasteiger partial charge < -0.3 is 25.2 Å². The third kappa shape index (κ3) is 206. The molecule has 0 fully saturated rings. The average Bonchev–Trinajstić information content (AvgIpc) is 2.24. The average molecular weight is 242 g/mol. The molecule has 0 rings (SSSR count). The van der Waals surface area contributed by atoms with Crippen molar-refractivity contribution in [3.63, 3.8) is 0 Å². The standard InChI is InChI=1S/C4H10O.C3H6O2.C2H4O.CH4O.H2O/c1-2-3-4-5;1-3(4)5-2;1-2-3;1-2;/h5H,2-4H2,1H3;1-2H3;2H,1H3;2H,1H3;1H2. The highest BCUT2D eigenvalue weighted by Gasteiger charge is 1.75. The molecule has 102 valence electrons. The lowest BCUT2D eigenvalue weighted by Gasteiger charge is -1.80. The highest BCUT2D eigenvalue weighted by atomic mass is 16.5. The van der Waals surface area contributed by atoms with E-state index in [2.05, 4.69) is 11.7 Å². The molecule has 0 spiro atoms. The Hall–Kier alpha value is -0.980. The predicted molar refractivity (Wildman–Crippen MR) is 63.2 cm³/mol. The Labute approximate surface area is 97.5 Å². The Morgan fingerprint density at radius 1 is 1.38 bits per heavy atom. The first-order valence-corrected chi connectivity index (χ1v) is 4.60. The van der Waals surface area contributed by atoms with Gasteiger partial charge >= 0.3 is 5.97 Å². The van der Waals surface area contributed by atoms with Gasteiger partial charge in [0.1, 0.15) is 6.29 Å². The van der Waals surface area contributed by atoms with Crippen LogP contribution in [0.25, 0.3) is 0 Å². The van der Waals surface area contributed by atoms with E-state index >= 15 is 0 Å². The molecule has 0 aliphatic heterocycles. The van der Waals surface area contributed by atoms with Gasteiger partial charge in [-0.25, -0.2) is 0 Å². The Balaban J connectivity index is -0.0000000349. The van der Waals surface area contributed by atoms with Crippen LogP contribution in [0, 0.1) is 0 Å². The number of carbonyl (C=O) groups excluding carboxylic acids is 2. The van der Waals surface area contributed by atoms with Crippen molar-refractivity contribution < 1.29 is 30.0 Å². The van der Waals surface area contributed by atoms with Crippen LogP contribution < -0.4 is 0 Å². The molecule has 0 aliphatic rings. The minimum Gasteiger partial charge on any atom is -0.469 e. The van der Waals surface area contributed by atoms with Crippen LogP contribution in [0.5, 0.6) is 0 Å². The van der Waals surface area contributed by atoms with Crippen molar-refractivity contribution in [3.05, 3.63) is 0 Å². The number of rotatable bonds is 2. The van der Waals surface area contributed by atoms with E-state index in [1.165, 1.54) is 21.0 Å². The molecular weight excluding hydrogens is 216 g/mol. The molecule has 0 aromatic carbocycles. The second-order valence-electron chi connectivity index (χ2n) is 2.01. The monoisotopic (exact) mass is 242 g/mol. The number of methoxy groups -OCH3 is 1. The summed E-state index contributed by atoms with van der Waals surface area (Å²) in [5.41, 5.74) is 0. The summed E-state index contributed by atoms with van der Waals surface area (Å²) in [6, 6.07) is 0. The zero-order valence-electron chi connectivity index (χ0n) is 10.8. The molecule has 0 aromatic heterocycles. The smallest absolute Gasteiger partial charge is 0.302 e. The first-order chi connectivity index (χ1) is 7.10. The number of aliphatic hydroxyl groups is 2. The van der Waals surface area contributed by atoms with Gasteiger partial charge in [0.05, 0.1) is 7.11 Å². The molecule has 0 unspecified atom stereocenters. The first-order valence-electron chi connectivity index (χ1n) is 4.60. The molecule has 0 atom stereocenters. The molecule has 0 radical (unpaired) electrons. The maximum absolute atomic E-state index is 9.59. The molecule has 6 nitrogen and oxygen atoms in total. The van der Waals surface area contributed by atoms with Crippen LogP contribution in [0.1, 0.15) is 33.6 Å². The molecule has 4 N–H and O–H groups in total. The minimum absolute atomic E-state index is 0. The maximum Gasteiger partial charge on any atom is 0.302 e. The van der Waals surface area contributed by atoms with Gasteiger partial charge in [-0.15, -0.1) is 0 Å². The first kappa shape index (κ1) is 29.4. The zero-order chi connectivity index (χ0) is 13.1. The highest BCUT2D eigenvalue weighted by Crippen LogP contribution is 1.78. The summed E-state index contributed by atoms with van der Waals surface area (Å²) in [5.74, 6) is -0.245. The van der Waals surface area contributed by atoms with Crippen molar-refractivity contribution in [1.29, 1.82) is 0 Å². The van der Waals surface area contributed by atoms with Gasteiger partial charge in [0.25, 0.3) is 0 Å². The van der Waals surface area contributed by atoms with Crippen molar-refractivity contribution in [2.45, 2.75) is 33.6 Å². The lowest BCUT2D eigenvalue weighted by atomic mass is 10.4. The normalized spacial score (nSPS) is 5.94. The molecular formula is C10H26O6. The molecule has 0 heterocycles. The van der Waals surface area contributed by atoms with E-state index in [-0.39, 0.29) is 11.4 Å². The lowest BCUT2D eigenvalue weighted by Crippen LogP contribution is -1.88. The molecule has 16 heavy (non-hydrogen) atoms. The zero-order valence-corrected chi connectivity index (χ0v) is 10.8. The highest BCUT2D eigenvalue weighted by molar-refractivity contribution is 5.65. The van der Waals surface area contributed by atoms with Gasteiger partial charge in [0, 0.05) is 20.6 Å². The van der Waals surface area contributed by atoms with Crippen molar-refractivity contribution in [3.8, 4) is 0 Å². The van der Waals surface area contributed by atoms with E-state index < -0.39 is 0 Å². The number of aldehydes is 1. The van der Waals surface area contributed by atoms with Gasteiger partial charge in [-0.2, -0.15) is 0 Å². The number of aliphatic hydroxyl groups excluding tert-OH is 2. The fraction of sp³-hybridized carbons (Fsp3) is 0.800. The van der Waals surface area contributed by atoms with Gasteiger partial charge in [-0.3, -0.25) is 4.79 Å². The second kappa shape index (κ2) is 48.2.